The molecule has 19 heavy (non-hydrogen) atoms. The van der Waals surface area contributed by atoms with Gasteiger partial charge in [-0.05, 0) is 52.9 Å². The highest BCUT2D eigenvalue weighted by Gasteiger charge is 2.52. The van der Waals surface area contributed by atoms with E-state index in [1.54, 1.807) is 18.2 Å². The third-order valence-corrected chi connectivity index (χ3v) is 5.25. The largest absolute Gasteiger partial charge is 0.274 e. The van der Waals surface area contributed by atoms with E-state index in [0.29, 0.717) is 21.1 Å². The molecule has 100 valence electrons. The van der Waals surface area contributed by atoms with Crippen LogP contribution in [-0.2, 0) is 9.59 Å². The monoisotopic (exact) mass is 341 g/mol. The Kier molecular flexibility index (Phi) is 3.18. The van der Waals surface area contributed by atoms with Crippen LogP contribution in [0.3, 0.4) is 0 Å². The Balaban J connectivity index is 1.96. The van der Waals surface area contributed by atoms with Crippen LogP contribution in [0, 0.1) is 17.8 Å². The van der Waals surface area contributed by atoms with Crippen LogP contribution >= 0.6 is 27.5 Å². The number of halogens is 2. The van der Waals surface area contributed by atoms with Gasteiger partial charge in [0.25, 0.3) is 0 Å². The molecule has 2 aliphatic rings. The van der Waals surface area contributed by atoms with Crippen LogP contribution in [0.2, 0.25) is 5.02 Å². The van der Waals surface area contributed by atoms with Gasteiger partial charge in [-0.2, -0.15) is 0 Å². The van der Waals surface area contributed by atoms with Crippen molar-refractivity contribution in [3.05, 3.63) is 27.7 Å². The van der Waals surface area contributed by atoms with Crippen LogP contribution in [-0.4, -0.2) is 11.8 Å². The van der Waals surface area contributed by atoms with Gasteiger partial charge in [-0.15, -0.1) is 0 Å². The Hall–Kier alpha value is -0.870. The first-order valence-electron chi connectivity index (χ1n) is 6.32. The van der Waals surface area contributed by atoms with Crippen LogP contribution in [0.4, 0.5) is 5.69 Å². The van der Waals surface area contributed by atoms with Crippen molar-refractivity contribution < 1.29 is 9.59 Å². The van der Waals surface area contributed by atoms with Gasteiger partial charge in [0.05, 0.1) is 22.5 Å². The van der Waals surface area contributed by atoms with Crippen LogP contribution in [0.5, 0.6) is 0 Å². The summed E-state index contributed by atoms with van der Waals surface area (Å²) in [6.07, 6.45) is 1.64. The van der Waals surface area contributed by atoms with E-state index in [1.165, 1.54) is 4.90 Å². The minimum atomic E-state index is -0.128. The molecule has 2 amide bonds. The van der Waals surface area contributed by atoms with Crippen LogP contribution in [0.15, 0.2) is 22.7 Å². The number of benzene rings is 1. The Bertz CT molecular complexity index is 551. The van der Waals surface area contributed by atoms with Gasteiger partial charge < -0.3 is 0 Å². The smallest absolute Gasteiger partial charge is 0.237 e. The van der Waals surface area contributed by atoms with Gasteiger partial charge in [0.2, 0.25) is 11.8 Å². The number of nitrogens with zero attached hydrogens (tertiary/aromatic N) is 1. The summed E-state index contributed by atoms with van der Waals surface area (Å²) in [5, 5.41) is 0.566. The Morgan fingerprint density at radius 2 is 1.79 bits per heavy atom. The lowest BCUT2D eigenvalue weighted by molar-refractivity contribution is -0.123. The molecule has 0 aromatic heterocycles. The van der Waals surface area contributed by atoms with E-state index in [1.807, 2.05) is 0 Å². The molecule has 1 heterocycles. The molecule has 1 aliphatic carbocycles. The molecule has 0 bridgehead atoms. The summed E-state index contributed by atoms with van der Waals surface area (Å²) in [5.74, 6) is 0.0815. The van der Waals surface area contributed by atoms with Crippen LogP contribution < -0.4 is 4.90 Å². The van der Waals surface area contributed by atoms with Crippen LogP contribution in [0.25, 0.3) is 0 Å². The summed E-state index contributed by atoms with van der Waals surface area (Å²) >= 11 is 9.26. The van der Waals surface area contributed by atoms with Gasteiger partial charge in [-0.1, -0.05) is 18.5 Å². The SMILES string of the molecule is CC1CC2C(=O)N(c3ccc(Cl)c(Br)c3)C(=O)C2C1. The van der Waals surface area contributed by atoms with E-state index in [-0.39, 0.29) is 23.7 Å². The Morgan fingerprint density at radius 3 is 2.32 bits per heavy atom. The average molecular weight is 343 g/mol. The summed E-state index contributed by atoms with van der Waals surface area (Å²) in [5.41, 5.74) is 0.605. The third kappa shape index (κ3) is 2.01. The van der Waals surface area contributed by atoms with E-state index in [9.17, 15) is 9.59 Å². The molecular formula is C14H13BrClNO2. The fourth-order valence-electron chi connectivity index (χ4n) is 3.16. The molecule has 1 saturated carbocycles. The predicted octanol–water partition coefficient (Wildman–Crippen LogP) is 3.64. The van der Waals surface area contributed by atoms with Crippen molar-refractivity contribution in [3.63, 3.8) is 0 Å². The van der Waals surface area contributed by atoms with Gasteiger partial charge >= 0.3 is 0 Å². The highest BCUT2D eigenvalue weighted by molar-refractivity contribution is 9.10. The average Bonchev–Trinajstić information content (AvgIpc) is 2.84. The molecule has 0 N–H and O–H groups in total. The Labute approximate surface area is 125 Å². The summed E-state index contributed by atoms with van der Waals surface area (Å²) in [6.45, 7) is 2.10. The van der Waals surface area contributed by atoms with Gasteiger partial charge in [0, 0.05) is 4.47 Å². The van der Waals surface area contributed by atoms with Crippen molar-refractivity contribution in [1.82, 2.24) is 0 Å². The maximum absolute atomic E-state index is 12.4. The standard InChI is InChI=1S/C14H13BrClNO2/c1-7-4-9-10(5-7)14(19)17(13(9)18)8-2-3-12(16)11(15)6-8/h2-3,6-7,9-10H,4-5H2,1H3. The van der Waals surface area contributed by atoms with E-state index in [2.05, 4.69) is 22.9 Å². The first-order chi connectivity index (χ1) is 8.99. The number of carbonyl (C=O) groups is 2. The highest BCUT2D eigenvalue weighted by Crippen LogP contribution is 2.44. The van der Waals surface area contributed by atoms with Crippen molar-refractivity contribution in [2.24, 2.45) is 17.8 Å². The molecule has 2 atom stereocenters. The van der Waals surface area contributed by atoms with Crippen LogP contribution in [0.1, 0.15) is 19.8 Å². The molecule has 0 radical (unpaired) electrons. The molecule has 3 rings (SSSR count). The lowest BCUT2D eigenvalue weighted by Gasteiger charge is -2.17. The summed E-state index contributed by atoms with van der Waals surface area (Å²) in [7, 11) is 0. The molecule has 0 spiro atoms. The maximum Gasteiger partial charge on any atom is 0.237 e. The number of carbonyl (C=O) groups excluding carboxylic acids is 2. The molecule has 1 saturated heterocycles. The number of amides is 2. The quantitative estimate of drug-likeness (QED) is 0.731. The van der Waals surface area contributed by atoms with E-state index < -0.39 is 0 Å². The predicted molar refractivity (Wildman–Crippen MR) is 77.0 cm³/mol. The van der Waals surface area contributed by atoms with E-state index in [4.69, 9.17) is 11.6 Å². The van der Waals surface area contributed by atoms with Crippen molar-refractivity contribution in [3.8, 4) is 0 Å². The normalized spacial score (nSPS) is 30.1. The number of hydrogen-bond donors (Lipinski definition) is 0. The summed E-state index contributed by atoms with van der Waals surface area (Å²) < 4.78 is 0.692. The molecule has 5 heteroatoms. The molecule has 2 unspecified atom stereocenters. The second-order valence-corrected chi connectivity index (χ2v) is 6.66. The minimum Gasteiger partial charge on any atom is -0.274 e. The lowest BCUT2D eigenvalue weighted by Crippen LogP contribution is -2.32. The molecular weight excluding hydrogens is 330 g/mol. The maximum atomic E-state index is 12.4. The van der Waals surface area contributed by atoms with Gasteiger partial charge in [-0.25, -0.2) is 0 Å². The molecule has 1 aromatic carbocycles. The second kappa shape index (κ2) is 4.60. The van der Waals surface area contributed by atoms with Crippen molar-refractivity contribution in [2.45, 2.75) is 19.8 Å². The first-order valence-corrected chi connectivity index (χ1v) is 7.49. The zero-order valence-electron chi connectivity index (χ0n) is 10.4. The zero-order valence-corrected chi connectivity index (χ0v) is 12.7. The lowest BCUT2D eigenvalue weighted by atomic mass is 10.00. The Morgan fingerprint density at radius 1 is 1.21 bits per heavy atom. The summed E-state index contributed by atoms with van der Waals surface area (Å²) in [6, 6.07) is 5.13. The van der Waals surface area contributed by atoms with Gasteiger partial charge in [0.15, 0.2) is 0 Å². The van der Waals surface area contributed by atoms with Gasteiger partial charge in [-0.3, -0.25) is 14.5 Å². The fraction of sp³-hybridized carbons (Fsp3) is 0.429. The number of anilines is 1. The molecule has 3 nitrogen and oxygen atoms in total. The fourth-order valence-corrected chi connectivity index (χ4v) is 3.64. The number of imide groups is 1. The number of fused-ring (bicyclic) bond motifs is 1. The van der Waals surface area contributed by atoms with E-state index >= 15 is 0 Å². The molecule has 2 fully saturated rings. The summed E-state index contributed by atoms with van der Waals surface area (Å²) in [4.78, 5) is 26.1. The van der Waals surface area contributed by atoms with Gasteiger partial charge in [0.1, 0.15) is 0 Å². The minimum absolute atomic E-state index is 0.0615. The molecule has 1 aromatic rings. The first kappa shape index (κ1) is 13.1. The van der Waals surface area contributed by atoms with Crippen molar-refractivity contribution in [1.29, 1.82) is 0 Å². The number of hydrogen-bond acceptors (Lipinski definition) is 2. The number of rotatable bonds is 1. The third-order valence-electron chi connectivity index (χ3n) is 4.03. The van der Waals surface area contributed by atoms with Crippen molar-refractivity contribution >= 4 is 45.0 Å². The topological polar surface area (TPSA) is 37.4 Å². The van der Waals surface area contributed by atoms with E-state index in [0.717, 1.165) is 12.8 Å². The second-order valence-electron chi connectivity index (χ2n) is 5.40. The zero-order chi connectivity index (χ0) is 13.7. The van der Waals surface area contributed by atoms with Crippen molar-refractivity contribution in [2.75, 3.05) is 4.90 Å². The molecule has 1 aliphatic heterocycles. The highest BCUT2D eigenvalue weighted by atomic mass is 79.9.